The van der Waals surface area contributed by atoms with Gasteiger partial charge in [0, 0.05) is 26.7 Å². The van der Waals surface area contributed by atoms with Crippen molar-refractivity contribution in [2.45, 2.75) is 492 Å². The van der Waals surface area contributed by atoms with E-state index in [9.17, 15) is 132 Å². The molecule has 7 saturated heterocycles. The third-order valence-electron chi connectivity index (χ3n) is 26.4. The van der Waals surface area contributed by atoms with Crippen molar-refractivity contribution in [2.75, 3.05) is 46.2 Å². The number of allylic oxidation sites excluding steroid dienone is 3. The number of nitrogens with one attached hydrogen (secondary N) is 3. The number of carbonyl (C=O) groups is 4. The fraction of sp³-hybridized carbons (Fsp3) is 0.914. The molecule has 38 atom stereocenters. The summed E-state index contributed by atoms with van der Waals surface area (Å²) in [4.78, 5) is 54.4. The Balaban J connectivity index is 1.13. The van der Waals surface area contributed by atoms with Gasteiger partial charge in [0.05, 0.1) is 76.6 Å². The monoisotopic (exact) mass is 1960 g/mol. The van der Waals surface area contributed by atoms with Gasteiger partial charge in [-0.25, -0.2) is 4.79 Å². The summed E-state index contributed by atoms with van der Waals surface area (Å²) in [7, 11) is 0. The van der Waals surface area contributed by atoms with Gasteiger partial charge < -0.3 is 195 Å². The summed E-state index contributed by atoms with van der Waals surface area (Å²) in [5.74, 6) is -8.11. The predicted molar refractivity (Wildman–Crippen MR) is 479 cm³/mol. The molecule has 7 heterocycles. The number of ether oxygens (including phenoxy) is 14. The van der Waals surface area contributed by atoms with Crippen molar-refractivity contribution in [1.29, 1.82) is 0 Å². The van der Waals surface area contributed by atoms with Gasteiger partial charge in [0.1, 0.15) is 159 Å². The molecule has 7 aliphatic heterocycles. The van der Waals surface area contributed by atoms with E-state index in [0.29, 0.717) is 12.8 Å². The Kier molecular flexibility index (Phi) is 54.7. The van der Waals surface area contributed by atoms with Crippen LogP contribution in [-0.2, 0) is 85.5 Å². The molecule has 0 aromatic rings. The number of carboxylic acid groups (broad SMARTS) is 1. The van der Waals surface area contributed by atoms with Gasteiger partial charge in [0.15, 0.2) is 37.7 Å². The molecule has 136 heavy (non-hydrogen) atoms. The van der Waals surface area contributed by atoms with Crippen LogP contribution in [-0.4, -0.2) is 415 Å². The summed E-state index contributed by atoms with van der Waals surface area (Å²) < 4.78 is 85.5. The van der Waals surface area contributed by atoms with Crippen LogP contribution in [0.1, 0.15) is 259 Å². The van der Waals surface area contributed by atoms with Crippen molar-refractivity contribution in [1.82, 2.24) is 16.0 Å². The lowest BCUT2D eigenvalue weighted by atomic mass is 9.88. The lowest BCUT2D eigenvalue weighted by Gasteiger charge is -2.53. The average molecular weight is 1970 g/mol. The fourth-order valence-electron chi connectivity index (χ4n) is 18.3. The smallest absolute Gasteiger partial charge is 0.364 e. The van der Waals surface area contributed by atoms with Crippen LogP contribution in [0.25, 0.3) is 0 Å². The predicted octanol–water partition coefficient (Wildman–Crippen LogP) is -1.47. The van der Waals surface area contributed by atoms with E-state index in [1.54, 1.807) is 6.08 Å². The summed E-state index contributed by atoms with van der Waals surface area (Å²) in [6.45, 7) is -0.213. The van der Waals surface area contributed by atoms with Gasteiger partial charge in [-0.3, -0.25) is 14.4 Å². The minimum absolute atomic E-state index is 0.0954. The van der Waals surface area contributed by atoms with Crippen molar-refractivity contribution >= 4 is 23.7 Å². The van der Waals surface area contributed by atoms with Gasteiger partial charge in [0.25, 0.3) is 5.79 Å². The Morgan fingerprint density at radius 2 is 0.794 bits per heavy atom. The van der Waals surface area contributed by atoms with Crippen LogP contribution in [0.15, 0.2) is 24.3 Å². The SMILES string of the molecule is CCCCCCCC/C=C\CCCCCCCCCCCCCCCC(=O)N[C@@H](CO[C@@H]1OC(CO)[C@@H](O[C@@H]2OC(CO)[C@H](O[C@@H]3OC(CO)[C@H](O)[C@H](O[C@@H]4OC(CO)[C@H](O)[C@H](O[C@H]5OC(CO)[C@H](O)[C@H](O)C5O)C4O[C@H]4OC(C)[C@@H](O)C(O)[C@@H]4O)C3NC(C)=O)[C@H](O[C@]3(C(=O)O)CC(O)[C@@H](NC(C)=O)C([C@H](O)[C@H](O)CO)O3)C2O)[C@H](O)C1O)[C@H](O)/C=C/CCCCCCCCCCCCC. The molecule has 25 N–H and O–H groups in total. The van der Waals surface area contributed by atoms with E-state index < -0.39 is 309 Å². The molecular formula is C93H165N3O40. The maximum Gasteiger partial charge on any atom is 0.364 e. The number of hydrogen-bond donors (Lipinski definition) is 25. The van der Waals surface area contributed by atoms with Gasteiger partial charge in [-0.15, -0.1) is 0 Å². The number of hydrogen-bond acceptors (Lipinski definition) is 39. The number of carboxylic acids is 1. The lowest BCUT2D eigenvalue weighted by molar-refractivity contribution is -0.410. The molecule has 0 radical (unpaired) electrons. The second kappa shape index (κ2) is 62.6. The Hall–Kier alpha value is -4.04. The first-order valence-electron chi connectivity index (χ1n) is 49.6. The highest BCUT2D eigenvalue weighted by atomic mass is 16.8. The summed E-state index contributed by atoms with van der Waals surface area (Å²) in [5.41, 5.74) is 0. The summed E-state index contributed by atoms with van der Waals surface area (Å²) >= 11 is 0. The largest absolute Gasteiger partial charge is 0.477 e. The lowest BCUT2D eigenvalue weighted by Crippen LogP contribution is -2.72. The molecule has 0 aromatic heterocycles. The fourth-order valence-corrected chi connectivity index (χ4v) is 18.3. The molecule has 0 saturated carbocycles. The highest BCUT2D eigenvalue weighted by Gasteiger charge is 2.64. The molecule has 0 aromatic carbocycles. The maximum atomic E-state index is 14.1. The molecule has 0 aliphatic carbocycles. The van der Waals surface area contributed by atoms with E-state index in [4.69, 9.17) is 66.3 Å². The number of rotatable bonds is 64. The van der Waals surface area contributed by atoms with Crippen LogP contribution in [0.2, 0.25) is 0 Å². The van der Waals surface area contributed by atoms with E-state index in [1.165, 1.54) is 141 Å². The number of aliphatic hydroxyl groups excluding tert-OH is 21. The second-order valence-corrected chi connectivity index (χ2v) is 37.3. The highest BCUT2D eigenvalue weighted by Crippen LogP contribution is 2.43. The molecule has 0 bridgehead atoms. The van der Waals surface area contributed by atoms with Crippen molar-refractivity contribution in [3.63, 3.8) is 0 Å². The van der Waals surface area contributed by atoms with Gasteiger partial charge in [-0.05, 0) is 51.9 Å². The van der Waals surface area contributed by atoms with Crippen molar-refractivity contribution in [3.05, 3.63) is 24.3 Å². The minimum atomic E-state index is -3.50. The van der Waals surface area contributed by atoms with Crippen LogP contribution in [0.4, 0.5) is 0 Å². The zero-order valence-electron chi connectivity index (χ0n) is 79.6. The molecular weight excluding hydrogens is 1800 g/mol. The normalized spacial score (nSPS) is 36.7. The molecule has 7 fully saturated rings. The molecule has 7 rings (SSSR count). The molecule has 7 aliphatic rings. The van der Waals surface area contributed by atoms with Crippen LogP contribution in [0.5, 0.6) is 0 Å². The highest BCUT2D eigenvalue weighted by molar-refractivity contribution is 5.77. The van der Waals surface area contributed by atoms with Crippen LogP contribution in [0.3, 0.4) is 0 Å². The van der Waals surface area contributed by atoms with E-state index in [-0.39, 0.29) is 6.42 Å². The molecule has 0 spiro atoms. The van der Waals surface area contributed by atoms with Crippen LogP contribution >= 0.6 is 0 Å². The van der Waals surface area contributed by atoms with Crippen molar-refractivity contribution in [2.24, 2.45) is 0 Å². The third-order valence-corrected chi connectivity index (χ3v) is 26.4. The van der Waals surface area contributed by atoms with E-state index in [0.717, 1.165) is 84.5 Å². The first-order valence-corrected chi connectivity index (χ1v) is 49.6. The molecule has 14 unspecified atom stereocenters. The molecule has 43 heteroatoms. The Morgan fingerprint density at radius 1 is 0.397 bits per heavy atom. The molecule has 3 amide bonds. The number of aliphatic carboxylic acids is 1. The Labute approximate surface area is 796 Å². The third kappa shape index (κ3) is 35.7. The topological polar surface area (TPSA) is 679 Å². The van der Waals surface area contributed by atoms with Crippen molar-refractivity contribution < 1.29 is 198 Å². The minimum Gasteiger partial charge on any atom is -0.477 e. The molecule has 792 valence electrons. The zero-order valence-corrected chi connectivity index (χ0v) is 79.6. The van der Waals surface area contributed by atoms with E-state index >= 15 is 0 Å². The number of carbonyl (C=O) groups excluding carboxylic acids is 3. The summed E-state index contributed by atoms with van der Waals surface area (Å²) in [5, 5.41) is 257. The average Bonchev–Trinajstić information content (AvgIpc) is 0.744. The number of amides is 3. The van der Waals surface area contributed by atoms with E-state index in [1.807, 2.05) is 0 Å². The summed E-state index contributed by atoms with van der Waals surface area (Å²) in [6.07, 6.45) is -28.8. The van der Waals surface area contributed by atoms with Gasteiger partial charge >= 0.3 is 5.97 Å². The first kappa shape index (κ1) is 119. The summed E-state index contributed by atoms with van der Waals surface area (Å²) in [6, 6.07) is -5.19. The van der Waals surface area contributed by atoms with Gasteiger partial charge in [0.2, 0.25) is 17.7 Å². The quantitative estimate of drug-likeness (QED) is 0.0244. The van der Waals surface area contributed by atoms with Gasteiger partial charge in [-0.2, -0.15) is 0 Å². The van der Waals surface area contributed by atoms with Gasteiger partial charge in [-0.1, -0.05) is 205 Å². The number of unbranched alkanes of at least 4 members (excludes halogenated alkanes) is 30. The first-order chi connectivity index (χ1) is 65.2. The molecule has 43 nitrogen and oxygen atoms in total. The van der Waals surface area contributed by atoms with Crippen LogP contribution < -0.4 is 16.0 Å². The Bertz CT molecular complexity index is 3350. The second-order valence-electron chi connectivity index (χ2n) is 37.3. The van der Waals surface area contributed by atoms with Crippen molar-refractivity contribution in [3.8, 4) is 0 Å². The van der Waals surface area contributed by atoms with E-state index in [2.05, 4.69) is 41.9 Å². The standard InChI is InChI=1S/C93H165N3O40/c1-6-8-10-12-14-16-18-20-21-22-23-24-25-26-27-28-29-31-33-35-37-39-41-43-64(108)96-55(56(105)42-40-38-36-34-32-30-19-17-15-13-11-9-7-2)51-123-87-77(119)74(116)79(62(49-101)128-87)130-90-78(120)84(136-93(92(121)122)44-57(106)65(94-53(4)103)82(135-93)68(110)58(107)45-97)80(63(50-102)129-90)131-86-66(95-54(5)104)81(70(112)60(47-99)125-86)132-91-85(134-88-75(117)72(114)67(109)52(3)124-88)83(71(113)61(48-100)127-91)133-89-76(118)73(115)69(111)59(46-98)126-89/h20-21,40,42,52,55-63,65-91,97-102,105-107,109-120H,6-19,22-39,41,43-51H2,1-5H3,(H,94,103)(H,95,104)(H,96,108)(H,121,122)/b21-20-,42-40+/t52?,55-,56+,57?,58+,59?,60?,61?,62?,63?,65+,66?,67+,68+,69-,70-,71-,72?,73-,74+,75-,76?,77?,78?,79+,80-,81+,82?,83-,84+,85?,86-,87+,88+,89+,90-,91-,93-/m0/s1. The Morgan fingerprint density at radius 3 is 1.30 bits per heavy atom. The number of aliphatic hydroxyl groups is 21. The zero-order chi connectivity index (χ0) is 99.7. The van der Waals surface area contributed by atoms with Crippen LogP contribution in [0, 0.1) is 0 Å². The maximum absolute atomic E-state index is 14.1.